The summed E-state index contributed by atoms with van der Waals surface area (Å²) in [4.78, 5) is 0. The summed E-state index contributed by atoms with van der Waals surface area (Å²) < 4.78 is 7.75. The minimum absolute atomic E-state index is 0.423. The molecule has 0 N–H and O–H groups in total. The molecule has 0 saturated carbocycles. The number of fused-ring (bicyclic) bond motifs is 1. The van der Waals surface area contributed by atoms with Gasteiger partial charge in [0, 0.05) is 34.8 Å². The number of halogens is 1. The van der Waals surface area contributed by atoms with Gasteiger partial charge in [0.05, 0.1) is 12.1 Å². The van der Waals surface area contributed by atoms with Crippen LogP contribution in [0, 0.1) is 0 Å². The first-order valence-corrected chi connectivity index (χ1v) is 6.38. The van der Waals surface area contributed by atoms with Crippen LogP contribution in [0.5, 0.6) is 0 Å². The van der Waals surface area contributed by atoms with Crippen molar-refractivity contribution in [1.29, 1.82) is 0 Å². The van der Waals surface area contributed by atoms with Crippen LogP contribution in [0.2, 0.25) is 5.02 Å². The molecule has 3 heteroatoms. The van der Waals surface area contributed by atoms with Crippen molar-refractivity contribution in [2.75, 3.05) is 6.61 Å². The summed E-state index contributed by atoms with van der Waals surface area (Å²) in [6, 6.07) is 6.45. The fourth-order valence-corrected chi connectivity index (χ4v) is 2.22. The van der Waals surface area contributed by atoms with Crippen LogP contribution in [-0.4, -0.2) is 11.2 Å². The number of hydrogen-bond donors (Lipinski definition) is 0. The Morgan fingerprint density at radius 2 is 2.12 bits per heavy atom. The zero-order valence-electron chi connectivity index (χ0n) is 10.5. The van der Waals surface area contributed by atoms with E-state index in [0.29, 0.717) is 12.6 Å². The molecule has 0 fully saturated rings. The Balaban J connectivity index is 2.54. The average Bonchev–Trinajstić information content (AvgIpc) is 2.64. The Kier molecular flexibility index (Phi) is 3.75. The van der Waals surface area contributed by atoms with Crippen LogP contribution in [-0.2, 0) is 11.3 Å². The number of nitrogens with zero attached hydrogens (tertiary/aromatic N) is 1. The molecule has 0 spiro atoms. The molecular formula is C14H18ClNO. The molecule has 0 aliphatic heterocycles. The first kappa shape index (κ1) is 12.5. The Labute approximate surface area is 107 Å². The topological polar surface area (TPSA) is 14.2 Å². The number of hydrogen-bond acceptors (Lipinski definition) is 1. The van der Waals surface area contributed by atoms with E-state index < -0.39 is 0 Å². The lowest BCUT2D eigenvalue weighted by atomic mass is 10.2. The molecule has 0 aliphatic carbocycles. The predicted molar refractivity (Wildman–Crippen MR) is 72.7 cm³/mol. The minimum atomic E-state index is 0.423. The van der Waals surface area contributed by atoms with Crippen molar-refractivity contribution in [3.63, 3.8) is 0 Å². The van der Waals surface area contributed by atoms with Gasteiger partial charge in [0.15, 0.2) is 0 Å². The van der Waals surface area contributed by atoms with Gasteiger partial charge in [-0.2, -0.15) is 0 Å². The van der Waals surface area contributed by atoms with Crippen molar-refractivity contribution in [3.8, 4) is 0 Å². The predicted octanol–water partition coefficient (Wildman–Crippen LogP) is 4.41. The second-order valence-corrected chi connectivity index (χ2v) is 4.89. The summed E-state index contributed by atoms with van der Waals surface area (Å²) in [6.07, 6.45) is 2.17. The van der Waals surface area contributed by atoms with E-state index in [1.54, 1.807) is 0 Å². The summed E-state index contributed by atoms with van der Waals surface area (Å²) >= 11 is 6.06. The molecule has 0 aliphatic rings. The van der Waals surface area contributed by atoms with Gasteiger partial charge in [0.25, 0.3) is 0 Å². The smallest absolute Gasteiger partial charge is 0.0737 e. The van der Waals surface area contributed by atoms with Crippen LogP contribution in [0.25, 0.3) is 10.9 Å². The molecule has 2 nitrogen and oxygen atoms in total. The van der Waals surface area contributed by atoms with Crippen molar-refractivity contribution in [1.82, 2.24) is 4.57 Å². The fraction of sp³-hybridized carbons (Fsp3) is 0.429. The molecule has 0 atom stereocenters. The number of aromatic nitrogens is 1. The summed E-state index contributed by atoms with van der Waals surface area (Å²) in [5.41, 5.74) is 2.41. The average molecular weight is 252 g/mol. The van der Waals surface area contributed by atoms with Crippen LogP contribution >= 0.6 is 11.6 Å². The van der Waals surface area contributed by atoms with Crippen molar-refractivity contribution in [2.24, 2.45) is 0 Å². The Morgan fingerprint density at radius 1 is 1.35 bits per heavy atom. The van der Waals surface area contributed by atoms with E-state index in [1.165, 1.54) is 16.5 Å². The standard InChI is InChI=1S/C14H18ClNO/c1-4-17-9-11-8-16(10(2)3)14-7-12(15)5-6-13(11)14/h5-8,10H,4,9H2,1-3H3. The highest BCUT2D eigenvalue weighted by Crippen LogP contribution is 2.27. The number of benzene rings is 1. The molecule has 0 bridgehead atoms. The SMILES string of the molecule is CCOCc1cn(C(C)C)c2cc(Cl)ccc12. The van der Waals surface area contributed by atoms with Crippen molar-refractivity contribution < 1.29 is 4.74 Å². The minimum Gasteiger partial charge on any atom is -0.377 e. The zero-order valence-corrected chi connectivity index (χ0v) is 11.3. The van der Waals surface area contributed by atoms with E-state index in [-0.39, 0.29) is 0 Å². The highest BCUT2D eigenvalue weighted by atomic mass is 35.5. The monoisotopic (exact) mass is 251 g/mol. The van der Waals surface area contributed by atoms with Gasteiger partial charge in [-0.05, 0) is 32.9 Å². The van der Waals surface area contributed by atoms with Gasteiger partial charge in [-0.25, -0.2) is 0 Å². The normalized spacial score (nSPS) is 11.6. The van der Waals surface area contributed by atoms with E-state index in [4.69, 9.17) is 16.3 Å². The lowest BCUT2D eigenvalue weighted by Gasteiger charge is -2.08. The molecule has 17 heavy (non-hydrogen) atoms. The van der Waals surface area contributed by atoms with Gasteiger partial charge in [0.1, 0.15) is 0 Å². The fourth-order valence-electron chi connectivity index (χ4n) is 2.05. The molecule has 92 valence electrons. The third-order valence-electron chi connectivity index (χ3n) is 2.90. The quantitative estimate of drug-likeness (QED) is 0.785. The van der Waals surface area contributed by atoms with Gasteiger partial charge in [-0.15, -0.1) is 0 Å². The first-order chi connectivity index (χ1) is 8.13. The van der Waals surface area contributed by atoms with Gasteiger partial charge in [-0.1, -0.05) is 17.7 Å². The van der Waals surface area contributed by atoms with E-state index in [2.05, 4.69) is 30.7 Å². The van der Waals surface area contributed by atoms with Crippen LogP contribution in [0.4, 0.5) is 0 Å². The van der Waals surface area contributed by atoms with Crippen molar-refractivity contribution in [2.45, 2.75) is 33.4 Å². The lowest BCUT2D eigenvalue weighted by Crippen LogP contribution is -1.98. The van der Waals surface area contributed by atoms with Crippen LogP contribution in [0.1, 0.15) is 32.4 Å². The molecular weight excluding hydrogens is 234 g/mol. The second kappa shape index (κ2) is 5.11. The van der Waals surface area contributed by atoms with Crippen LogP contribution < -0.4 is 0 Å². The molecule has 2 rings (SSSR count). The van der Waals surface area contributed by atoms with E-state index in [0.717, 1.165) is 11.6 Å². The van der Waals surface area contributed by atoms with E-state index in [1.807, 2.05) is 19.1 Å². The maximum Gasteiger partial charge on any atom is 0.0737 e. The Bertz CT molecular complexity index is 516. The molecule has 1 aromatic heterocycles. The third-order valence-corrected chi connectivity index (χ3v) is 3.13. The lowest BCUT2D eigenvalue weighted by molar-refractivity contribution is 0.135. The second-order valence-electron chi connectivity index (χ2n) is 4.45. The highest BCUT2D eigenvalue weighted by Gasteiger charge is 2.10. The first-order valence-electron chi connectivity index (χ1n) is 6.00. The van der Waals surface area contributed by atoms with Gasteiger partial charge in [-0.3, -0.25) is 0 Å². The van der Waals surface area contributed by atoms with Crippen molar-refractivity contribution in [3.05, 3.63) is 35.0 Å². The largest absolute Gasteiger partial charge is 0.377 e. The van der Waals surface area contributed by atoms with E-state index >= 15 is 0 Å². The maximum absolute atomic E-state index is 6.06. The van der Waals surface area contributed by atoms with Crippen LogP contribution in [0.3, 0.4) is 0 Å². The Morgan fingerprint density at radius 3 is 2.76 bits per heavy atom. The molecule has 1 aromatic carbocycles. The zero-order chi connectivity index (χ0) is 12.4. The molecule has 0 saturated heterocycles. The highest BCUT2D eigenvalue weighted by molar-refractivity contribution is 6.31. The number of ether oxygens (including phenoxy) is 1. The van der Waals surface area contributed by atoms with Gasteiger partial charge in [0.2, 0.25) is 0 Å². The van der Waals surface area contributed by atoms with Crippen LogP contribution in [0.15, 0.2) is 24.4 Å². The molecule has 0 amide bonds. The maximum atomic E-state index is 6.06. The summed E-state index contributed by atoms with van der Waals surface area (Å²) in [5.74, 6) is 0. The van der Waals surface area contributed by atoms with Crippen molar-refractivity contribution >= 4 is 22.5 Å². The molecule has 2 aromatic rings. The molecule has 0 radical (unpaired) electrons. The number of rotatable bonds is 4. The summed E-state index contributed by atoms with van der Waals surface area (Å²) in [6.45, 7) is 7.75. The third kappa shape index (κ3) is 2.48. The summed E-state index contributed by atoms with van der Waals surface area (Å²) in [7, 11) is 0. The molecule has 0 unspecified atom stereocenters. The Hall–Kier alpha value is -0.990. The van der Waals surface area contributed by atoms with Gasteiger partial charge >= 0.3 is 0 Å². The molecule has 1 heterocycles. The summed E-state index contributed by atoms with van der Waals surface area (Å²) in [5, 5.41) is 2.01. The van der Waals surface area contributed by atoms with E-state index in [9.17, 15) is 0 Å². The van der Waals surface area contributed by atoms with Gasteiger partial charge < -0.3 is 9.30 Å².